The van der Waals surface area contributed by atoms with Gasteiger partial charge in [-0.05, 0) is 31.4 Å². The van der Waals surface area contributed by atoms with Crippen molar-refractivity contribution in [2.45, 2.75) is 19.3 Å². The van der Waals surface area contributed by atoms with E-state index in [1.54, 1.807) is 12.1 Å². The third-order valence-corrected chi connectivity index (χ3v) is 4.18. The molecule has 100 valence electrons. The SMILES string of the molecule is O=C1Nc2c(ccc(Cl)c2Cl)/C1=N/N1CCCCC1. The Morgan fingerprint density at radius 1 is 1.16 bits per heavy atom. The zero-order valence-electron chi connectivity index (χ0n) is 10.2. The molecule has 0 unspecified atom stereocenters. The molecule has 2 aliphatic rings. The first-order valence-electron chi connectivity index (χ1n) is 6.30. The van der Waals surface area contributed by atoms with E-state index in [2.05, 4.69) is 10.4 Å². The number of carbonyl (C=O) groups is 1. The van der Waals surface area contributed by atoms with Crippen LogP contribution >= 0.6 is 23.2 Å². The second-order valence-electron chi connectivity index (χ2n) is 4.70. The van der Waals surface area contributed by atoms with Crippen LogP contribution in [0.3, 0.4) is 0 Å². The second kappa shape index (κ2) is 5.02. The molecule has 1 fully saturated rings. The molecule has 1 amide bonds. The molecule has 0 aliphatic carbocycles. The van der Waals surface area contributed by atoms with Crippen molar-refractivity contribution < 1.29 is 4.79 Å². The Morgan fingerprint density at radius 2 is 1.89 bits per heavy atom. The van der Waals surface area contributed by atoms with Crippen LogP contribution in [0.2, 0.25) is 10.0 Å². The molecule has 0 aromatic heterocycles. The zero-order valence-corrected chi connectivity index (χ0v) is 11.8. The third kappa shape index (κ3) is 2.30. The van der Waals surface area contributed by atoms with Gasteiger partial charge in [-0.2, -0.15) is 5.10 Å². The number of halogens is 2. The normalized spacial score (nSPS) is 20.6. The quantitative estimate of drug-likeness (QED) is 0.865. The Balaban J connectivity index is 1.98. The predicted octanol–water partition coefficient (Wildman–Crippen LogP) is 3.14. The zero-order chi connectivity index (χ0) is 13.4. The second-order valence-corrected chi connectivity index (χ2v) is 5.49. The first-order valence-corrected chi connectivity index (χ1v) is 7.05. The third-order valence-electron chi connectivity index (χ3n) is 3.38. The van der Waals surface area contributed by atoms with Crippen LogP contribution in [0.4, 0.5) is 5.69 Å². The van der Waals surface area contributed by atoms with Gasteiger partial charge in [-0.3, -0.25) is 9.80 Å². The summed E-state index contributed by atoms with van der Waals surface area (Å²) in [5, 5.41) is 9.95. The number of nitrogens with zero attached hydrogens (tertiary/aromatic N) is 2. The fourth-order valence-corrected chi connectivity index (χ4v) is 2.75. The Kier molecular flexibility index (Phi) is 3.37. The summed E-state index contributed by atoms with van der Waals surface area (Å²) in [6, 6.07) is 3.47. The number of fused-ring (bicyclic) bond motifs is 1. The summed E-state index contributed by atoms with van der Waals surface area (Å²) in [4.78, 5) is 12.0. The van der Waals surface area contributed by atoms with Crippen molar-refractivity contribution >= 4 is 40.5 Å². The van der Waals surface area contributed by atoms with Gasteiger partial charge in [0.25, 0.3) is 5.91 Å². The Bertz CT molecular complexity index is 565. The van der Waals surface area contributed by atoms with Gasteiger partial charge in [0.1, 0.15) is 0 Å². The molecule has 0 bridgehead atoms. The van der Waals surface area contributed by atoms with Gasteiger partial charge in [0.15, 0.2) is 5.71 Å². The van der Waals surface area contributed by atoms with Gasteiger partial charge in [0.2, 0.25) is 0 Å². The van der Waals surface area contributed by atoms with Gasteiger partial charge in [0.05, 0.1) is 15.7 Å². The number of nitrogens with one attached hydrogen (secondary N) is 1. The highest BCUT2D eigenvalue weighted by Gasteiger charge is 2.29. The molecule has 1 saturated heterocycles. The number of rotatable bonds is 1. The van der Waals surface area contributed by atoms with E-state index in [0.717, 1.165) is 31.5 Å². The average Bonchev–Trinajstić information content (AvgIpc) is 2.73. The van der Waals surface area contributed by atoms with Crippen molar-refractivity contribution in [2.75, 3.05) is 18.4 Å². The lowest BCUT2D eigenvalue weighted by atomic mass is 10.1. The van der Waals surface area contributed by atoms with Crippen LogP contribution < -0.4 is 5.32 Å². The number of carbonyl (C=O) groups excluding carboxylic acids is 1. The first kappa shape index (κ1) is 12.8. The van der Waals surface area contributed by atoms with Crippen molar-refractivity contribution in [2.24, 2.45) is 5.10 Å². The van der Waals surface area contributed by atoms with Crippen molar-refractivity contribution in [3.05, 3.63) is 27.7 Å². The predicted molar refractivity (Wildman–Crippen MR) is 77.1 cm³/mol. The van der Waals surface area contributed by atoms with Crippen molar-refractivity contribution in [1.82, 2.24) is 5.01 Å². The summed E-state index contributed by atoms with van der Waals surface area (Å²) in [5.74, 6) is -0.218. The van der Waals surface area contributed by atoms with Gasteiger partial charge < -0.3 is 5.32 Å². The monoisotopic (exact) mass is 297 g/mol. The molecule has 0 spiro atoms. The lowest BCUT2D eigenvalue weighted by molar-refractivity contribution is -0.110. The smallest absolute Gasteiger partial charge is 0.276 e. The maximum atomic E-state index is 12.0. The minimum Gasteiger partial charge on any atom is -0.319 e. The minimum absolute atomic E-state index is 0.218. The number of piperidine rings is 1. The number of hydrazone groups is 1. The van der Waals surface area contributed by atoms with Gasteiger partial charge in [-0.25, -0.2) is 0 Å². The van der Waals surface area contributed by atoms with Crippen LogP contribution in [0.15, 0.2) is 17.2 Å². The molecule has 4 nitrogen and oxygen atoms in total. The summed E-state index contributed by atoms with van der Waals surface area (Å²) in [5.41, 5.74) is 1.72. The fraction of sp³-hybridized carbons (Fsp3) is 0.385. The van der Waals surface area contributed by atoms with Crippen LogP contribution in [0.5, 0.6) is 0 Å². The number of hydrogen-bond acceptors (Lipinski definition) is 3. The summed E-state index contributed by atoms with van der Waals surface area (Å²) < 4.78 is 0. The van der Waals surface area contributed by atoms with Crippen LogP contribution in [0.1, 0.15) is 24.8 Å². The number of benzene rings is 1. The van der Waals surface area contributed by atoms with Crippen LogP contribution in [0, 0.1) is 0 Å². The van der Waals surface area contributed by atoms with E-state index in [0.29, 0.717) is 21.4 Å². The van der Waals surface area contributed by atoms with Crippen molar-refractivity contribution in [3.63, 3.8) is 0 Å². The lowest BCUT2D eigenvalue weighted by Crippen LogP contribution is -2.28. The van der Waals surface area contributed by atoms with E-state index >= 15 is 0 Å². The van der Waals surface area contributed by atoms with Crippen LogP contribution in [-0.4, -0.2) is 29.7 Å². The number of hydrogen-bond donors (Lipinski definition) is 1. The van der Waals surface area contributed by atoms with E-state index in [1.807, 2.05) is 5.01 Å². The topological polar surface area (TPSA) is 44.7 Å². The average molecular weight is 298 g/mol. The van der Waals surface area contributed by atoms with Gasteiger partial charge in [0, 0.05) is 18.7 Å². The molecule has 0 radical (unpaired) electrons. The van der Waals surface area contributed by atoms with E-state index < -0.39 is 0 Å². The maximum absolute atomic E-state index is 12.0. The molecular weight excluding hydrogens is 285 g/mol. The molecule has 6 heteroatoms. The highest BCUT2D eigenvalue weighted by molar-refractivity contribution is 6.56. The van der Waals surface area contributed by atoms with Gasteiger partial charge >= 0.3 is 0 Å². The van der Waals surface area contributed by atoms with Crippen LogP contribution in [-0.2, 0) is 4.79 Å². The summed E-state index contributed by atoms with van der Waals surface area (Å²) in [6.45, 7) is 1.79. The highest BCUT2D eigenvalue weighted by Crippen LogP contribution is 2.36. The molecule has 0 saturated carbocycles. The van der Waals surface area contributed by atoms with Gasteiger partial charge in [-0.15, -0.1) is 0 Å². The van der Waals surface area contributed by atoms with Crippen LogP contribution in [0.25, 0.3) is 0 Å². The van der Waals surface area contributed by atoms with Crippen molar-refractivity contribution in [1.29, 1.82) is 0 Å². The summed E-state index contributed by atoms with van der Waals surface area (Å²) in [6.07, 6.45) is 3.46. The standard InChI is InChI=1S/C13H13Cl2N3O/c14-9-5-4-8-11(10(9)15)16-13(19)12(8)17-18-6-2-1-3-7-18/h4-5H,1-3,6-7H2,(H,16,17,19). The fourth-order valence-electron chi connectivity index (χ4n) is 2.38. The molecule has 1 aromatic carbocycles. The number of amides is 1. The Hall–Kier alpha value is -1.26. The Morgan fingerprint density at radius 3 is 2.63 bits per heavy atom. The molecule has 2 aliphatic heterocycles. The van der Waals surface area contributed by atoms with Crippen molar-refractivity contribution in [3.8, 4) is 0 Å². The molecule has 2 heterocycles. The highest BCUT2D eigenvalue weighted by atomic mass is 35.5. The maximum Gasteiger partial charge on any atom is 0.276 e. The van der Waals surface area contributed by atoms with Gasteiger partial charge in [-0.1, -0.05) is 23.2 Å². The molecule has 1 N–H and O–H groups in total. The lowest BCUT2D eigenvalue weighted by Gasteiger charge is -2.23. The summed E-state index contributed by atoms with van der Waals surface area (Å²) >= 11 is 12.0. The van der Waals surface area contributed by atoms with E-state index in [-0.39, 0.29) is 5.91 Å². The Labute approximate surface area is 121 Å². The largest absolute Gasteiger partial charge is 0.319 e. The minimum atomic E-state index is -0.218. The molecule has 3 rings (SSSR count). The van der Waals surface area contributed by atoms with E-state index in [4.69, 9.17) is 23.2 Å². The summed E-state index contributed by atoms with van der Waals surface area (Å²) in [7, 11) is 0. The van der Waals surface area contributed by atoms with E-state index in [9.17, 15) is 4.79 Å². The molecule has 1 aromatic rings. The molecular formula is C13H13Cl2N3O. The number of anilines is 1. The van der Waals surface area contributed by atoms with E-state index in [1.165, 1.54) is 6.42 Å². The molecule has 19 heavy (non-hydrogen) atoms. The first-order chi connectivity index (χ1) is 9.16. The molecule has 0 atom stereocenters.